The number of hydrogen-bond donors (Lipinski definition) is 1. The lowest BCUT2D eigenvalue weighted by atomic mass is 10.1. The molecule has 3 nitrogen and oxygen atoms in total. The van der Waals surface area contributed by atoms with Crippen molar-refractivity contribution < 1.29 is 4.79 Å². The molecule has 2 fully saturated rings. The maximum atomic E-state index is 11.0. The van der Waals surface area contributed by atoms with Crippen LogP contribution in [-0.2, 0) is 4.79 Å². The van der Waals surface area contributed by atoms with E-state index in [2.05, 4.69) is 10.2 Å². The average Bonchev–Trinajstić information content (AvgIpc) is 2.43. The highest BCUT2D eigenvalue weighted by Gasteiger charge is 2.23. The largest absolute Gasteiger partial charge is 0.356 e. The van der Waals surface area contributed by atoms with Crippen LogP contribution in [0.15, 0.2) is 0 Å². The Hall–Kier alpha value is -0.570. The fraction of sp³-hybridized carbons (Fsp3) is 0.909. The van der Waals surface area contributed by atoms with Crippen molar-refractivity contribution in [3.63, 3.8) is 0 Å². The minimum atomic E-state index is 0.241. The number of hydrogen-bond acceptors (Lipinski definition) is 2. The van der Waals surface area contributed by atoms with Crippen LogP contribution >= 0.6 is 0 Å². The van der Waals surface area contributed by atoms with Gasteiger partial charge in [-0.1, -0.05) is 12.8 Å². The molecule has 0 aliphatic carbocycles. The molecular formula is C11H20N2O. The molecule has 1 atom stereocenters. The summed E-state index contributed by atoms with van der Waals surface area (Å²) >= 11 is 0. The summed E-state index contributed by atoms with van der Waals surface area (Å²) in [5.74, 6) is 0.811. The van der Waals surface area contributed by atoms with Crippen molar-refractivity contribution in [2.45, 2.75) is 32.1 Å². The fourth-order valence-corrected chi connectivity index (χ4v) is 2.48. The molecule has 0 aromatic carbocycles. The maximum absolute atomic E-state index is 11.0. The van der Waals surface area contributed by atoms with E-state index in [-0.39, 0.29) is 5.91 Å². The van der Waals surface area contributed by atoms with E-state index in [0.29, 0.717) is 5.92 Å². The van der Waals surface area contributed by atoms with E-state index in [1.807, 2.05) is 0 Å². The van der Waals surface area contributed by atoms with Crippen LogP contribution in [0.2, 0.25) is 0 Å². The van der Waals surface area contributed by atoms with Crippen molar-refractivity contribution in [1.82, 2.24) is 10.2 Å². The second-order valence-electron chi connectivity index (χ2n) is 4.59. The quantitative estimate of drug-likeness (QED) is 0.714. The van der Waals surface area contributed by atoms with Crippen LogP contribution in [0.5, 0.6) is 0 Å². The normalized spacial score (nSPS) is 30.0. The summed E-state index contributed by atoms with van der Waals surface area (Å²) in [7, 11) is 0. The Bertz CT molecular complexity index is 197. The van der Waals surface area contributed by atoms with Crippen LogP contribution in [0.4, 0.5) is 0 Å². The molecule has 0 radical (unpaired) electrons. The second-order valence-corrected chi connectivity index (χ2v) is 4.59. The van der Waals surface area contributed by atoms with Gasteiger partial charge in [0.05, 0.1) is 0 Å². The summed E-state index contributed by atoms with van der Waals surface area (Å²) in [5, 5.41) is 2.91. The molecule has 0 spiro atoms. The number of likely N-dealkylation sites (tertiary alicyclic amines) is 1. The van der Waals surface area contributed by atoms with Gasteiger partial charge in [0.25, 0.3) is 0 Å². The van der Waals surface area contributed by atoms with Crippen molar-refractivity contribution in [3.05, 3.63) is 0 Å². The molecule has 1 N–H and O–H groups in total. The Kier molecular flexibility index (Phi) is 3.40. The molecule has 0 unspecified atom stereocenters. The number of nitrogens with zero attached hydrogens (tertiary/aromatic N) is 1. The molecule has 2 heterocycles. The predicted octanol–water partition coefficient (Wildman–Crippen LogP) is 0.998. The topological polar surface area (TPSA) is 32.3 Å². The summed E-state index contributed by atoms with van der Waals surface area (Å²) in [5.41, 5.74) is 0. The monoisotopic (exact) mass is 196 g/mol. The molecule has 3 heteroatoms. The van der Waals surface area contributed by atoms with Crippen LogP contribution in [0, 0.1) is 5.92 Å². The zero-order valence-corrected chi connectivity index (χ0v) is 8.80. The predicted molar refractivity (Wildman–Crippen MR) is 56.0 cm³/mol. The van der Waals surface area contributed by atoms with Crippen LogP contribution in [0.1, 0.15) is 32.1 Å². The standard InChI is InChI=1S/C11H20N2O/c14-11-7-10(8-12-11)9-13-5-3-1-2-4-6-13/h10H,1-9H2,(H,12,14)/t10-/m0/s1. The smallest absolute Gasteiger partial charge is 0.220 e. The summed E-state index contributed by atoms with van der Waals surface area (Å²) in [6.45, 7) is 4.50. The number of carbonyl (C=O) groups excluding carboxylic acids is 1. The number of amides is 1. The van der Waals surface area contributed by atoms with E-state index in [4.69, 9.17) is 0 Å². The summed E-state index contributed by atoms with van der Waals surface area (Å²) < 4.78 is 0. The minimum absolute atomic E-state index is 0.241. The molecule has 0 aromatic rings. The molecule has 0 saturated carbocycles. The molecule has 2 aliphatic rings. The molecular weight excluding hydrogens is 176 g/mol. The van der Waals surface area contributed by atoms with Gasteiger partial charge in [-0.15, -0.1) is 0 Å². The van der Waals surface area contributed by atoms with Crippen LogP contribution in [0.3, 0.4) is 0 Å². The van der Waals surface area contributed by atoms with Gasteiger partial charge in [-0.25, -0.2) is 0 Å². The van der Waals surface area contributed by atoms with Gasteiger partial charge < -0.3 is 10.2 Å². The van der Waals surface area contributed by atoms with Gasteiger partial charge in [0.2, 0.25) is 5.91 Å². The highest BCUT2D eigenvalue weighted by molar-refractivity contribution is 5.78. The van der Waals surface area contributed by atoms with Crippen molar-refractivity contribution in [3.8, 4) is 0 Å². The Morgan fingerprint density at radius 3 is 2.50 bits per heavy atom. The first-order valence-corrected chi connectivity index (χ1v) is 5.83. The number of nitrogens with one attached hydrogen (secondary N) is 1. The Morgan fingerprint density at radius 2 is 1.93 bits per heavy atom. The molecule has 0 bridgehead atoms. The highest BCUT2D eigenvalue weighted by atomic mass is 16.1. The van der Waals surface area contributed by atoms with Crippen LogP contribution in [0.25, 0.3) is 0 Å². The lowest BCUT2D eigenvalue weighted by Gasteiger charge is -2.22. The van der Waals surface area contributed by atoms with Gasteiger partial charge in [0, 0.05) is 19.5 Å². The van der Waals surface area contributed by atoms with Gasteiger partial charge in [-0.3, -0.25) is 4.79 Å². The summed E-state index contributed by atoms with van der Waals surface area (Å²) in [6, 6.07) is 0. The molecule has 2 rings (SSSR count). The first kappa shape index (κ1) is 9.97. The Morgan fingerprint density at radius 1 is 1.21 bits per heavy atom. The van der Waals surface area contributed by atoms with Crippen molar-refractivity contribution in [1.29, 1.82) is 0 Å². The van der Waals surface area contributed by atoms with Gasteiger partial charge in [0.1, 0.15) is 0 Å². The van der Waals surface area contributed by atoms with E-state index < -0.39 is 0 Å². The molecule has 80 valence electrons. The van der Waals surface area contributed by atoms with Gasteiger partial charge in [0.15, 0.2) is 0 Å². The van der Waals surface area contributed by atoms with Crippen LogP contribution in [-0.4, -0.2) is 37.0 Å². The molecule has 2 aliphatic heterocycles. The maximum Gasteiger partial charge on any atom is 0.220 e. The molecule has 1 amide bonds. The third-order valence-corrected chi connectivity index (χ3v) is 3.28. The minimum Gasteiger partial charge on any atom is -0.356 e. The summed E-state index contributed by atoms with van der Waals surface area (Å²) in [6.07, 6.45) is 6.20. The lowest BCUT2D eigenvalue weighted by molar-refractivity contribution is -0.119. The van der Waals surface area contributed by atoms with Crippen molar-refractivity contribution >= 4 is 5.91 Å². The van der Waals surface area contributed by atoms with Gasteiger partial charge in [-0.2, -0.15) is 0 Å². The first-order chi connectivity index (χ1) is 6.84. The van der Waals surface area contributed by atoms with E-state index in [9.17, 15) is 4.79 Å². The summed E-state index contributed by atoms with van der Waals surface area (Å²) in [4.78, 5) is 13.6. The van der Waals surface area contributed by atoms with E-state index in [0.717, 1.165) is 19.5 Å². The zero-order valence-electron chi connectivity index (χ0n) is 8.80. The van der Waals surface area contributed by atoms with E-state index in [1.54, 1.807) is 0 Å². The van der Waals surface area contributed by atoms with E-state index >= 15 is 0 Å². The van der Waals surface area contributed by atoms with Crippen molar-refractivity contribution in [2.24, 2.45) is 5.92 Å². The Labute approximate surface area is 85.8 Å². The molecule has 2 saturated heterocycles. The third-order valence-electron chi connectivity index (χ3n) is 3.28. The lowest BCUT2D eigenvalue weighted by Crippen LogP contribution is -2.31. The van der Waals surface area contributed by atoms with Gasteiger partial charge >= 0.3 is 0 Å². The molecule has 0 aromatic heterocycles. The average molecular weight is 196 g/mol. The zero-order chi connectivity index (χ0) is 9.80. The number of rotatable bonds is 2. The Balaban J connectivity index is 1.75. The van der Waals surface area contributed by atoms with Gasteiger partial charge in [-0.05, 0) is 31.8 Å². The first-order valence-electron chi connectivity index (χ1n) is 5.83. The van der Waals surface area contributed by atoms with E-state index in [1.165, 1.54) is 38.8 Å². The van der Waals surface area contributed by atoms with Crippen molar-refractivity contribution in [2.75, 3.05) is 26.2 Å². The SMILES string of the molecule is O=C1C[C@H](CN2CCCCCC2)CN1. The number of carbonyl (C=O) groups is 1. The molecule has 14 heavy (non-hydrogen) atoms. The second kappa shape index (κ2) is 4.78. The van der Waals surface area contributed by atoms with Crippen LogP contribution < -0.4 is 5.32 Å². The highest BCUT2D eigenvalue weighted by Crippen LogP contribution is 2.15. The third kappa shape index (κ3) is 2.71. The fourth-order valence-electron chi connectivity index (χ4n) is 2.48.